The van der Waals surface area contributed by atoms with E-state index in [4.69, 9.17) is 5.11 Å². The van der Waals surface area contributed by atoms with Crippen LogP contribution in [0.3, 0.4) is 0 Å². The SMILES string of the molecule is O=C(O)NC[C@H]1CC[C@H](C(=O)N[C@@H](Cc2ccc(-c3ccc(C(=O)NCCN4CCCC4)cc3)cc2)C(=O)Nc2ccc(-c3nnn[nH]3)cc2)CC1. The van der Waals surface area contributed by atoms with Crippen molar-refractivity contribution in [3.8, 4) is 22.5 Å². The summed E-state index contributed by atoms with van der Waals surface area (Å²) in [5.41, 5.74) is 4.72. The highest BCUT2D eigenvalue weighted by atomic mass is 16.4. The summed E-state index contributed by atoms with van der Waals surface area (Å²) in [5.74, 6) is -0.187. The molecule has 1 aromatic heterocycles. The summed E-state index contributed by atoms with van der Waals surface area (Å²) in [6, 6.07) is 21.6. The fourth-order valence-corrected chi connectivity index (χ4v) is 6.90. The summed E-state index contributed by atoms with van der Waals surface area (Å²) >= 11 is 0. The van der Waals surface area contributed by atoms with E-state index in [1.165, 1.54) is 12.8 Å². The maximum absolute atomic E-state index is 13.7. The Morgan fingerprint density at radius 1 is 0.827 bits per heavy atom. The monoisotopic (exact) mass is 707 g/mol. The van der Waals surface area contributed by atoms with Crippen molar-refractivity contribution in [1.82, 2.24) is 41.5 Å². The normalized spacial score (nSPS) is 17.9. The van der Waals surface area contributed by atoms with Crippen LogP contribution in [0.4, 0.5) is 10.5 Å². The molecule has 1 aliphatic carbocycles. The van der Waals surface area contributed by atoms with Crippen molar-refractivity contribution in [2.75, 3.05) is 38.0 Å². The number of rotatable bonds is 14. The van der Waals surface area contributed by atoms with Gasteiger partial charge in [-0.15, -0.1) is 5.10 Å². The summed E-state index contributed by atoms with van der Waals surface area (Å²) in [5, 5.41) is 34.2. The van der Waals surface area contributed by atoms with Gasteiger partial charge in [-0.3, -0.25) is 14.4 Å². The first kappa shape index (κ1) is 36.2. The highest BCUT2D eigenvalue weighted by molar-refractivity contribution is 5.98. The van der Waals surface area contributed by atoms with Gasteiger partial charge in [-0.2, -0.15) is 0 Å². The number of carbonyl (C=O) groups is 4. The third-order valence-electron chi connectivity index (χ3n) is 9.95. The Morgan fingerprint density at radius 2 is 1.48 bits per heavy atom. The van der Waals surface area contributed by atoms with Gasteiger partial charge in [0.25, 0.3) is 5.91 Å². The number of carbonyl (C=O) groups excluding carboxylic acids is 3. The standard InChI is InChI=1S/C38H45N9O5/c48-35(39-19-22-47-20-1-2-21-47)30-13-11-28(12-14-30)27-7-3-25(4-8-27)23-33(42-36(49)31-9-5-26(6-10-31)24-40-38(51)52)37(50)41-32-17-15-29(16-18-32)34-43-45-46-44-34/h3-4,7-8,11-18,26,31,33,40H,1-2,5-6,9-10,19-24H2,(H,39,48)(H,41,50)(H,42,49)(H,51,52)(H,43,44,45,46)/t26-,31-,33-/m0/s1. The lowest BCUT2D eigenvalue weighted by atomic mass is 9.81. The summed E-state index contributed by atoms with van der Waals surface area (Å²) in [6.07, 6.45) is 4.38. The van der Waals surface area contributed by atoms with Crippen LogP contribution < -0.4 is 21.3 Å². The molecule has 0 spiro atoms. The van der Waals surface area contributed by atoms with E-state index in [9.17, 15) is 19.2 Å². The number of nitrogens with zero attached hydrogens (tertiary/aromatic N) is 4. The molecule has 1 aliphatic heterocycles. The van der Waals surface area contributed by atoms with E-state index < -0.39 is 12.1 Å². The summed E-state index contributed by atoms with van der Waals surface area (Å²) in [4.78, 5) is 53.1. The van der Waals surface area contributed by atoms with Gasteiger partial charge in [0.2, 0.25) is 11.8 Å². The van der Waals surface area contributed by atoms with E-state index in [1.807, 2.05) is 48.5 Å². The van der Waals surface area contributed by atoms with Crippen LogP contribution in [0.5, 0.6) is 0 Å². The Labute approximate surface area is 302 Å². The third kappa shape index (κ3) is 10.00. The summed E-state index contributed by atoms with van der Waals surface area (Å²) in [6.45, 7) is 4.07. The molecule has 1 saturated carbocycles. The molecule has 2 fully saturated rings. The number of benzene rings is 3. The smallest absolute Gasteiger partial charge is 0.404 e. The minimum atomic E-state index is -1.05. The van der Waals surface area contributed by atoms with Crippen LogP contribution >= 0.6 is 0 Å². The quantitative estimate of drug-likeness (QED) is 0.112. The summed E-state index contributed by atoms with van der Waals surface area (Å²) < 4.78 is 0. The average Bonchev–Trinajstić information content (AvgIpc) is 3.90. The van der Waals surface area contributed by atoms with E-state index in [0.717, 1.165) is 54.7 Å². The van der Waals surface area contributed by atoms with Crippen LogP contribution in [0.2, 0.25) is 0 Å². The second-order valence-corrected chi connectivity index (χ2v) is 13.6. The molecule has 4 aromatic rings. The first-order chi connectivity index (χ1) is 25.3. The fourth-order valence-electron chi connectivity index (χ4n) is 6.90. The highest BCUT2D eigenvalue weighted by Crippen LogP contribution is 2.29. The van der Waals surface area contributed by atoms with Crippen molar-refractivity contribution in [3.05, 3.63) is 83.9 Å². The van der Waals surface area contributed by atoms with Gasteiger partial charge >= 0.3 is 6.09 Å². The van der Waals surface area contributed by atoms with Gasteiger partial charge in [-0.25, -0.2) is 9.89 Å². The van der Waals surface area contributed by atoms with E-state index in [2.05, 4.69) is 46.8 Å². The van der Waals surface area contributed by atoms with Gasteiger partial charge in [0.05, 0.1) is 0 Å². The largest absolute Gasteiger partial charge is 0.465 e. The number of hydrogen-bond donors (Lipinski definition) is 6. The molecule has 52 heavy (non-hydrogen) atoms. The second kappa shape index (κ2) is 17.5. The number of likely N-dealkylation sites (tertiary alicyclic amines) is 1. The van der Waals surface area contributed by atoms with Crippen molar-refractivity contribution in [2.45, 2.75) is 51.0 Å². The first-order valence-corrected chi connectivity index (χ1v) is 17.9. The summed E-state index contributed by atoms with van der Waals surface area (Å²) in [7, 11) is 0. The number of tetrazole rings is 1. The Kier molecular flexibility index (Phi) is 12.2. The molecule has 3 aromatic carbocycles. The molecule has 6 N–H and O–H groups in total. The zero-order valence-corrected chi connectivity index (χ0v) is 29.0. The molecule has 0 radical (unpaired) electrons. The average molecular weight is 708 g/mol. The van der Waals surface area contributed by atoms with Crippen molar-refractivity contribution in [1.29, 1.82) is 0 Å². The molecule has 1 atom stereocenters. The third-order valence-corrected chi connectivity index (χ3v) is 9.95. The van der Waals surface area contributed by atoms with Gasteiger partial charge in [-0.05, 0) is 121 Å². The van der Waals surface area contributed by atoms with Crippen molar-refractivity contribution < 1.29 is 24.3 Å². The van der Waals surface area contributed by atoms with Crippen molar-refractivity contribution >= 4 is 29.5 Å². The molecule has 0 unspecified atom stereocenters. The molecule has 2 heterocycles. The van der Waals surface area contributed by atoms with Crippen LogP contribution in [0.25, 0.3) is 22.5 Å². The molecule has 4 amide bonds. The zero-order valence-electron chi connectivity index (χ0n) is 29.0. The Balaban J connectivity index is 1.08. The van der Waals surface area contributed by atoms with Crippen LogP contribution in [0.1, 0.15) is 54.4 Å². The van der Waals surface area contributed by atoms with E-state index in [0.29, 0.717) is 43.0 Å². The van der Waals surface area contributed by atoms with Gasteiger partial charge in [0.1, 0.15) is 6.04 Å². The minimum Gasteiger partial charge on any atom is -0.465 e. The lowest BCUT2D eigenvalue weighted by Crippen LogP contribution is -2.48. The Morgan fingerprint density at radius 3 is 2.12 bits per heavy atom. The van der Waals surface area contributed by atoms with Gasteiger partial charge in [-0.1, -0.05) is 36.4 Å². The van der Waals surface area contributed by atoms with E-state index >= 15 is 0 Å². The van der Waals surface area contributed by atoms with Crippen molar-refractivity contribution in [2.24, 2.45) is 11.8 Å². The van der Waals surface area contributed by atoms with Crippen LogP contribution in [-0.2, 0) is 16.0 Å². The molecular weight excluding hydrogens is 662 g/mol. The lowest BCUT2D eigenvalue weighted by molar-refractivity contribution is -0.130. The molecule has 2 aliphatic rings. The van der Waals surface area contributed by atoms with E-state index in [-0.39, 0.29) is 36.0 Å². The Bertz CT molecular complexity index is 1780. The van der Waals surface area contributed by atoms with Gasteiger partial charge in [0, 0.05) is 48.8 Å². The van der Waals surface area contributed by atoms with Crippen molar-refractivity contribution in [3.63, 3.8) is 0 Å². The van der Waals surface area contributed by atoms with Crippen LogP contribution in [0, 0.1) is 11.8 Å². The minimum absolute atomic E-state index is 0.0845. The number of carboxylic acid groups (broad SMARTS) is 1. The highest BCUT2D eigenvalue weighted by Gasteiger charge is 2.30. The van der Waals surface area contributed by atoms with Crippen LogP contribution in [0.15, 0.2) is 72.8 Å². The molecule has 0 bridgehead atoms. The number of aromatic amines is 1. The Hall–Kier alpha value is -5.63. The number of anilines is 1. The predicted molar refractivity (Wildman–Crippen MR) is 195 cm³/mol. The number of amides is 4. The van der Waals surface area contributed by atoms with Gasteiger partial charge < -0.3 is 31.3 Å². The number of H-pyrrole nitrogens is 1. The maximum atomic E-state index is 13.7. The molecule has 1 saturated heterocycles. The molecular formula is C38H45N9O5. The molecule has 14 heteroatoms. The molecule has 272 valence electrons. The van der Waals surface area contributed by atoms with E-state index in [1.54, 1.807) is 24.3 Å². The predicted octanol–water partition coefficient (Wildman–Crippen LogP) is 4.10. The van der Waals surface area contributed by atoms with Gasteiger partial charge in [0.15, 0.2) is 5.82 Å². The lowest BCUT2D eigenvalue weighted by Gasteiger charge is -2.29. The molecule has 14 nitrogen and oxygen atoms in total. The first-order valence-electron chi connectivity index (χ1n) is 17.9. The second-order valence-electron chi connectivity index (χ2n) is 13.6. The number of nitrogens with one attached hydrogen (secondary N) is 5. The zero-order chi connectivity index (χ0) is 36.3. The number of hydrogen-bond acceptors (Lipinski definition) is 8. The molecule has 6 rings (SSSR count). The van der Waals surface area contributed by atoms with Crippen LogP contribution in [-0.4, -0.2) is 93.2 Å². The number of aromatic nitrogens is 4. The maximum Gasteiger partial charge on any atom is 0.404 e. The topological polar surface area (TPSA) is 194 Å². The fraction of sp³-hybridized carbons (Fsp3) is 0.395.